The van der Waals surface area contributed by atoms with E-state index in [2.05, 4.69) is 0 Å². The molecule has 1 aromatic carbocycles. The van der Waals surface area contributed by atoms with Gasteiger partial charge in [-0.2, -0.15) is 13.2 Å². The Morgan fingerprint density at radius 3 is 2.10 bits per heavy atom. The van der Waals surface area contributed by atoms with Gasteiger partial charge in [-0.25, -0.2) is 13.2 Å². The normalized spacial score (nSPS) is 13.0. The van der Waals surface area contributed by atoms with Crippen LogP contribution in [0.5, 0.6) is 0 Å². The monoisotopic (exact) mass is 325 g/mol. The third kappa shape index (κ3) is 3.87. The molecule has 0 heterocycles. The molecule has 0 radical (unpaired) electrons. The molecule has 0 aliphatic carbocycles. The summed E-state index contributed by atoms with van der Waals surface area (Å²) in [5.74, 6) is -1.53. The number of carboxylic acid groups (broad SMARTS) is 1. The van der Waals surface area contributed by atoms with Gasteiger partial charge in [0, 0.05) is 0 Å². The molecular formula is C12H14F3NO4S. The largest absolute Gasteiger partial charge is 0.478 e. The van der Waals surface area contributed by atoms with Gasteiger partial charge in [-0.3, -0.25) is 4.72 Å². The Hall–Kier alpha value is -1.77. The summed E-state index contributed by atoms with van der Waals surface area (Å²) in [6.45, 7) is 4.01. The van der Waals surface area contributed by atoms with Crippen molar-refractivity contribution < 1.29 is 31.5 Å². The Labute approximate surface area is 119 Å². The number of rotatable bonds is 3. The molecule has 0 spiro atoms. The van der Waals surface area contributed by atoms with Crippen LogP contribution in [0.4, 0.5) is 18.9 Å². The van der Waals surface area contributed by atoms with Crippen molar-refractivity contribution in [2.24, 2.45) is 0 Å². The minimum Gasteiger partial charge on any atom is -0.478 e. The maximum Gasteiger partial charge on any atom is 0.416 e. The molecule has 0 saturated carbocycles. The lowest BCUT2D eigenvalue weighted by Gasteiger charge is -2.21. The van der Waals surface area contributed by atoms with E-state index in [1.54, 1.807) is 0 Å². The van der Waals surface area contributed by atoms with Crippen molar-refractivity contribution in [1.82, 2.24) is 0 Å². The molecule has 0 bridgehead atoms. The van der Waals surface area contributed by atoms with E-state index >= 15 is 0 Å². The Kier molecular flexibility index (Phi) is 4.29. The summed E-state index contributed by atoms with van der Waals surface area (Å²) in [4.78, 5) is 11.0. The first kappa shape index (κ1) is 17.3. The number of nitrogens with one attached hydrogen (secondary N) is 1. The van der Waals surface area contributed by atoms with Crippen LogP contribution in [-0.2, 0) is 16.2 Å². The summed E-state index contributed by atoms with van der Waals surface area (Å²) in [5, 5.41) is 8.94. The van der Waals surface area contributed by atoms with E-state index in [4.69, 9.17) is 5.11 Å². The summed E-state index contributed by atoms with van der Waals surface area (Å²) >= 11 is 0. The van der Waals surface area contributed by atoms with Crippen molar-refractivity contribution in [3.63, 3.8) is 0 Å². The summed E-state index contributed by atoms with van der Waals surface area (Å²) in [6.07, 6.45) is -4.71. The molecule has 0 amide bonds. The molecule has 0 aliphatic heterocycles. The zero-order chi connectivity index (χ0) is 16.6. The number of alkyl halides is 3. The minimum atomic E-state index is -4.71. The quantitative estimate of drug-likeness (QED) is 0.895. The van der Waals surface area contributed by atoms with Crippen molar-refractivity contribution in [3.8, 4) is 0 Å². The highest BCUT2D eigenvalue weighted by Gasteiger charge is 2.34. The van der Waals surface area contributed by atoms with E-state index in [-0.39, 0.29) is 0 Å². The van der Waals surface area contributed by atoms with Crippen LogP contribution in [-0.4, -0.2) is 24.2 Å². The standard InChI is InChI=1S/C12H14F3NO4S/c1-11(2,3)21(19,20)16-9-6-7(12(13,14)15)4-5-8(9)10(17)18/h4-6,16H,1-3H3,(H,17,18). The molecule has 118 valence electrons. The molecule has 1 aromatic rings. The number of carbonyl (C=O) groups is 1. The van der Waals surface area contributed by atoms with Crippen LogP contribution in [0.2, 0.25) is 0 Å². The van der Waals surface area contributed by atoms with Crippen LogP contribution < -0.4 is 4.72 Å². The topological polar surface area (TPSA) is 83.5 Å². The SMILES string of the molecule is CC(C)(C)S(=O)(=O)Nc1cc(C(F)(F)F)ccc1C(=O)O. The molecule has 2 N–H and O–H groups in total. The van der Waals surface area contributed by atoms with E-state index in [0.717, 1.165) is 0 Å². The lowest BCUT2D eigenvalue weighted by atomic mass is 10.1. The van der Waals surface area contributed by atoms with Gasteiger partial charge in [0.2, 0.25) is 10.0 Å². The van der Waals surface area contributed by atoms with Crippen molar-refractivity contribution in [2.75, 3.05) is 4.72 Å². The molecular weight excluding hydrogens is 311 g/mol. The van der Waals surface area contributed by atoms with Gasteiger partial charge in [0.05, 0.1) is 21.6 Å². The Bertz CT molecular complexity index is 660. The zero-order valence-electron chi connectivity index (χ0n) is 11.4. The predicted molar refractivity (Wildman–Crippen MR) is 70.7 cm³/mol. The van der Waals surface area contributed by atoms with Gasteiger partial charge in [0.1, 0.15) is 0 Å². The van der Waals surface area contributed by atoms with E-state index in [1.165, 1.54) is 20.8 Å². The second kappa shape index (κ2) is 5.21. The molecule has 1 rings (SSSR count). The number of benzene rings is 1. The van der Waals surface area contributed by atoms with E-state index < -0.39 is 43.7 Å². The second-order valence-corrected chi connectivity index (χ2v) is 7.72. The lowest BCUT2D eigenvalue weighted by molar-refractivity contribution is -0.137. The molecule has 0 saturated heterocycles. The summed E-state index contributed by atoms with van der Waals surface area (Å²) in [7, 11) is -4.05. The van der Waals surface area contributed by atoms with Crippen LogP contribution in [0.3, 0.4) is 0 Å². The van der Waals surface area contributed by atoms with Crippen molar-refractivity contribution in [2.45, 2.75) is 31.7 Å². The number of carboxylic acids is 1. The van der Waals surface area contributed by atoms with E-state index in [9.17, 15) is 26.4 Å². The highest BCUT2D eigenvalue weighted by molar-refractivity contribution is 7.94. The van der Waals surface area contributed by atoms with Crippen LogP contribution in [0.1, 0.15) is 36.7 Å². The molecule has 5 nitrogen and oxygen atoms in total. The highest BCUT2D eigenvalue weighted by atomic mass is 32.2. The number of aromatic carboxylic acids is 1. The highest BCUT2D eigenvalue weighted by Crippen LogP contribution is 2.33. The first-order valence-corrected chi connectivity index (χ1v) is 7.21. The molecule has 0 fully saturated rings. The summed E-state index contributed by atoms with van der Waals surface area (Å²) in [5.41, 5.74) is -2.32. The third-order valence-corrected chi connectivity index (χ3v) is 4.73. The van der Waals surface area contributed by atoms with Gasteiger partial charge >= 0.3 is 12.1 Å². The van der Waals surface area contributed by atoms with Gasteiger partial charge in [-0.15, -0.1) is 0 Å². The van der Waals surface area contributed by atoms with E-state index in [1.807, 2.05) is 4.72 Å². The maximum atomic E-state index is 12.6. The van der Waals surface area contributed by atoms with Gasteiger partial charge in [0.15, 0.2) is 0 Å². The van der Waals surface area contributed by atoms with Crippen molar-refractivity contribution >= 4 is 21.7 Å². The molecule has 0 aromatic heterocycles. The average molecular weight is 325 g/mol. The molecule has 0 aliphatic rings. The number of hydrogen-bond acceptors (Lipinski definition) is 3. The number of hydrogen-bond donors (Lipinski definition) is 2. The van der Waals surface area contributed by atoms with Crippen molar-refractivity contribution in [3.05, 3.63) is 29.3 Å². The van der Waals surface area contributed by atoms with Gasteiger partial charge in [-0.1, -0.05) is 0 Å². The molecule has 9 heteroatoms. The fraction of sp³-hybridized carbons (Fsp3) is 0.417. The van der Waals surface area contributed by atoms with Crippen LogP contribution in [0, 0.1) is 0 Å². The fourth-order valence-corrected chi connectivity index (χ4v) is 2.05. The van der Waals surface area contributed by atoms with Crippen molar-refractivity contribution in [1.29, 1.82) is 0 Å². The Morgan fingerprint density at radius 2 is 1.71 bits per heavy atom. The summed E-state index contributed by atoms with van der Waals surface area (Å²) < 4.78 is 62.5. The average Bonchev–Trinajstić information content (AvgIpc) is 2.25. The maximum absolute atomic E-state index is 12.6. The molecule has 0 unspecified atom stereocenters. The minimum absolute atomic E-state index is 0.465. The van der Waals surface area contributed by atoms with Crippen LogP contribution in [0.25, 0.3) is 0 Å². The number of sulfonamides is 1. The number of halogens is 3. The first-order valence-electron chi connectivity index (χ1n) is 5.72. The molecule has 0 atom stereocenters. The summed E-state index contributed by atoms with van der Waals surface area (Å²) in [6, 6.07) is 1.76. The Morgan fingerprint density at radius 1 is 1.19 bits per heavy atom. The van der Waals surface area contributed by atoms with Crippen LogP contribution >= 0.6 is 0 Å². The van der Waals surface area contributed by atoms with Gasteiger partial charge < -0.3 is 5.11 Å². The predicted octanol–water partition coefficient (Wildman–Crippen LogP) is 2.94. The van der Waals surface area contributed by atoms with E-state index in [0.29, 0.717) is 18.2 Å². The molecule has 21 heavy (non-hydrogen) atoms. The number of anilines is 1. The van der Waals surface area contributed by atoms with Gasteiger partial charge in [0.25, 0.3) is 0 Å². The van der Waals surface area contributed by atoms with Gasteiger partial charge in [-0.05, 0) is 39.0 Å². The third-order valence-electron chi connectivity index (χ3n) is 2.63. The fourth-order valence-electron chi connectivity index (χ4n) is 1.29. The van der Waals surface area contributed by atoms with Crippen LogP contribution in [0.15, 0.2) is 18.2 Å². The Balaban J connectivity index is 3.42. The second-order valence-electron chi connectivity index (χ2n) is 5.28. The first-order chi connectivity index (χ1) is 9.25. The zero-order valence-corrected chi connectivity index (χ0v) is 12.3. The smallest absolute Gasteiger partial charge is 0.416 e. The lowest BCUT2D eigenvalue weighted by Crippen LogP contribution is -2.34.